The summed E-state index contributed by atoms with van der Waals surface area (Å²) >= 11 is 0. The molecule has 1 aromatic carbocycles. The van der Waals surface area contributed by atoms with Crippen molar-refractivity contribution < 1.29 is 14.6 Å². The van der Waals surface area contributed by atoms with Crippen LogP contribution in [0.2, 0.25) is 0 Å². The number of rotatable bonds is 5. The van der Waals surface area contributed by atoms with Crippen molar-refractivity contribution in [3.05, 3.63) is 35.9 Å². The highest BCUT2D eigenvalue weighted by atomic mass is 16.5. The molecule has 20 heavy (non-hydrogen) atoms. The Balaban J connectivity index is 2.46. The molecule has 0 saturated carbocycles. The van der Waals surface area contributed by atoms with Gasteiger partial charge in [0.25, 0.3) is 0 Å². The van der Waals surface area contributed by atoms with Gasteiger partial charge in [0.15, 0.2) is 0 Å². The molecular weight excluding hydrogens is 254 g/mol. The van der Waals surface area contributed by atoms with Gasteiger partial charge < -0.3 is 15.2 Å². The first kappa shape index (κ1) is 16.5. The molecule has 2 N–H and O–H groups in total. The molecule has 2 atom stereocenters. The molecular formula is C16H25NO3. The van der Waals surface area contributed by atoms with Crippen LogP contribution in [-0.2, 0) is 11.3 Å². The summed E-state index contributed by atoms with van der Waals surface area (Å²) in [4.78, 5) is 11.8. The van der Waals surface area contributed by atoms with Crippen LogP contribution >= 0.6 is 0 Å². The maximum atomic E-state index is 11.8. The number of benzene rings is 1. The van der Waals surface area contributed by atoms with Gasteiger partial charge in [0.2, 0.25) is 0 Å². The lowest BCUT2D eigenvalue weighted by Crippen LogP contribution is -2.44. The molecule has 4 heteroatoms. The van der Waals surface area contributed by atoms with E-state index in [1.165, 1.54) is 0 Å². The summed E-state index contributed by atoms with van der Waals surface area (Å²) in [7, 11) is 0. The molecule has 0 aliphatic carbocycles. The van der Waals surface area contributed by atoms with E-state index in [9.17, 15) is 9.90 Å². The van der Waals surface area contributed by atoms with Crippen molar-refractivity contribution in [1.29, 1.82) is 0 Å². The van der Waals surface area contributed by atoms with Crippen molar-refractivity contribution in [3.8, 4) is 0 Å². The van der Waals surface area contributed by atoms with Gasteiger partial charge in [0.05, 0.1) is 12.1 Å². The number of nitrogens with one attached hydrogen (secondary N) is 1. The summed E-state index contributed by atoms with van der Waals surface area (Å²) in [5.41, 5.74) is 0.959. The highest BCUT2D eigenvalue weighted by Crippen LogP contribution is 2.22. The van der Waals surface area contributed by atoms with E-state index in [1.807, 2.05) is 30.3 Å². The molecule has 0 fully saturated rings. The van der Waals surface area contributed by atoms with E-state index in [0.717, 1.165) is 5.56 Å². The topological polar surface area (TPSA) is 58.6 Å². The van der Waals surface area contributed by atoms with Crippen molar-refractivity contribution in [2.75, 3.05) is 0 Å². The average Bonchev–Trinajstić information content (AvgIpc) is 2.35. The molecule has 0 bridgehead atoms. The lowest BCUT2D eigenvalue weighted by molar-refractivity contribution is 0.0953. The van der Waals surface area contributed by atoms with Crippen LogP contribution < -0.4 is 5.32 Å². The summed E-state index contributed by atoms with van der Waals surface area (Å²) < 4.78 is 5.16. The fraction of sp³-hybridized carbons (Fsp3) is 0.562. The second-order valence-corrected chi connectivity index (χ2v) is 6.32. The van der Waals surface area contributed by atoms with Crippen molar-refractivity contribution >= 4 is 6.09 Å². The lowest BCUT2D eigenvalue weighted by atomic mass is 9.86. The summed E-state index contributed by atoms with van der Waals surface area (Å²) in [5, 5.41) is 12.5. The van der Waals surface area contributed by atoms with E-state index in [0.29, 0.717) is 6.42 Å². The number of amides is 1. The highest BCUT2D eigenvalue weighted by molar-refractivity contribution is 5.67. The molecule has 0 radical (unpaired) electrons. The number of alkyl carbamates (subject to hydrolysis) is 1. The van der Waals surface area contributed by atoms with Crippen LogP contribution in [0, 0.1) is 5.41 Å². The Kier molecular flexibility index (Phi) is 6.02. The Labute approximate surface area is 121 Å². The van der Waals surface area contributed by atoms with Crippen LogP contribution in [0.1, 0.15) is 39.7 Å². The predicted molar refractivity (Wildman–Crippen MR) is 79.3 cm³/mol. The Morgan fingerprint density at radius 3 is 2.40 bits per heavy atom. The third-order valence-electron chi connectivity index (χ3n) is 2.93. The molecule has 0 spiro atoms. The summed E-state index contributed by atoms with van der Waals surface area (Å²) in [6.07, 6.45) is -0.423. The van der Waals surface area contributed by atoms with Crippen LogP contribution in [-0.4, -0.2) is 23.3 Å². The fourth-order valence-corrected chi connectivity index (χ4v) is 1.92. The van der Waals surface area contributed by atoms with E-state index in [1.54, 1.807) is 6.92 Å². The normalized spacial score (nSPS) is 14.4. The standard InChI is InChI=1S/C16H25NO3/c1-12(18)14(10-16(2,3)4)17-15(19)20-11-13-8-6-5-7-9-13/h5-9,12,14,18H,10-11H2,1-4H3,(H,17,19)/t12?,14-/m0/s1. The molecule has 4 nitrogen and oxygen atoms in total. The molecule has 1 aromatic rings. The van der Waals surface area contributed by atoms with Crippen molar-refractivity contribution in [2.24, 2.45) is 5.41 Å². The van der Waals surface area contributed by atoms with Gasteiger partial charge in [0, 0.05) is 0 Å². The molecule has 0 aromatic heterocycles. The predicted octanol–water partition coefficient (Wildman–Crippen LogP) is 3.10. The molecule has 1 rings (SSSR count). The molecule has 0 aliphatic rings. The van der Waals surface area contributed by atoms with E-state index >= 15 is 0 Å². The third kappa shape index (κ3) is 6.57. The second-order valence-electron chi connectivity index (χ2n) is 6.32. The molecule has 0 saturated heterocycles. The molecule has 1 unspecified atom stereocenters. The summed E-state index contributed by atoms with van der Waals surface area (Å²) in [6.45, 7) is 8.11. The minimum absolute atomic E-state index is 0.0222. The van der Waals surface area contributed by atoms with Gasteiger partial charge >= 0.3 is 6.09 Å². The third-order valence-corrected chi connectivity index (χ3v) is 2.93. The van der Waals surface area contributed by atoms with Crippen molar-refractivity contribution in [2.45, 2.75) is 52.9 Å². The van der Waals surface area contributed by atoms with Crippen LogP contribution in [0.25, 0.3) is 0 Å². The number of carbonyl (C=O) groups is 1. The van der Waals surface area contributed by atoms with Gasteiger partial charge in [-0.25, -0.2) is 4.79 Å². The molecule has 1 amide bonds. The first-order valence-electron chi connectivity index (χ1n) is 6.93. The highest BCUT2D eigenvalue weighted by Gasteiger charge is 2.24. The first-order valence-corrected chi connectivity index (χ1v) is 6.93. The largest absolute Gasteiger partial charge is 0.445 e. The zero-order chi connectivity index (χ0) is 15.2. The number of ether oxygens (including phenoxy) is 1. The summed E-state index contributed by atoms with van der Waals surface area (Å²) in [6, 6.07) is 9.20. The van der Waals surface area contributed by atoms with Crippen LogP contribution in [0.5, 0.6) is 0 Å². The Morgan fingerprint density at radius 2 is 1.90 bits per heavy atom. The van der Waals surface area contributed by atoms with E-state index in [2.05, 4.69) is 26.1 Å². The Hall–Kier alpha value is -1.55. The monoisotopic (exact) mass is 279 g/mol. The van der Waals surface area contributed by atoms with E-state index in [-0.39, 0.29) is 18.1 Å². The number of hydrogen-bond donors (Lipinski definition) is 2. The summed E-state index contributed by atoms with van der Waals surface area (Å²) in [5.74, 6) is 0. The maximum absolute atomic E-state index is 11.8. The SMILES string of the molecule is CC(O)[C@H](CC(C)(C)C)NC(=O)OCc1ccccc1. The van der Waals surface area contributed by atoms with Gasteiger partial charge in [-0.2, -0.15) is 0 Å². The maximum Gasteiger partial charge on any atom is 0.407 e. The van der Waals surface area contributed by atoms with Gasteiger partial charge in [-0.3, -0.25) is 0 Å². The fourth-order valence-electron chi connectivity index (χ4n) is 1.92. The second kappa shape index (κ2) is 7.29. The van der Waals surface area contributed by atoms with Gasteiger partial charge in [-0.05, 0) is 24.3 Å². The lowest BCUT2D eigenvalue weighted by Gasteiger charge is -2.28. The Morgan fingerprint density at radius 1 is 1.30 bits per heavy atom. The number of aliphatic hydroxyl groups excluding tert-OH is 1. The zero-order valence-corrected chi connectivity index (χ0v) is 12.7. The molecule has 112 valence electrons. The van der Waals surface area contributed by atoms with Crippen molar-refractivity contribution in [3.63, 3.8) is 0 Å². The quantitative estimate of drug-likeness (QED) is 0.870. The first-order chi connectivity index (χ1) is 9.28. The molecule has 0 aliphatic heterocycles. The van der Waals surface area contributed by atoms with Crippen LogP contribution in [0.4, 0.5) is 4.79 Å². The van der Waals surface area contributed by atoms with Crippen molar-refractivity contribution in [1.82, 2.24) is 5.32 Å². The number of carbonyl (C=O) groups excluding carboxylic acids is 1. The smallest absolute Gasteiger partial charge is 0.407 e. The van der Waals surface area contributed by atoms with E-state index < -0.39 is 12.2 Å². The van der Waals surface area contributed by atoms with Crippen LogP contribution in [0.3, 0.4) is 0 Å². The van der Waals surface area contributed by atoms with E-state index in [4.69, 9.17) is 4.74 Å². The average molecular weight is 279 g/mol. The van der Waals surface area contributed by atoms with Gasteiger partial charge in [-0.1, -0.05) is 51.1 Å². The minimum atomic E-state index is -0.612. The Bertz CT molecular complexity index is 409. The van der Waals surface area contributed by atoms with Gasteiger partial charge in [-0.15, -0.1) is 0 Å². The number of aliphatic hydroxyl groups is 1. The van der Waals surface area contributed by atoms with Gasteiger partial charge in [0.1, 0.15) is 6.61 Å². The van der Waals surface area contributed by atoms with Crippen LogP contribution in [0.15, 0.2) is 30.3 Å². The molecule has 0 heterocycles. The number of hydrogen-bond acceptors (Lipinski definition) is 3. The minimum Gasteiger partial charge on any atom is -0.445 e. The zero-order valence-electron chi connectivity index (χ0n) is 12.7.